The first-order valence-electron chi connectivity index (χ1n) is 7.91. The van der Waals surface area contributed by atoms with Gasteiger partial charge in [0.1, 0.15) is 5.69 Å². The summed E-state index contributed by atoms with van der Waals surface area (Å²) in [5.41, 5.74) is 2.32. The normalized spacial score (nSPS) is 21.1. The second-order valence-electron chi connectivity index (χ2n) is 6.43. The van der Waals surface area contributed by atoms with Crippen LogP contribution in [-0.4, -0.2) is 38.2 Å². The van der Waals surface area contributed by atoms with Crippen LogP contribution in [0.15, 0.2) is 18.6 Å². The highest BCUT2D eigenvalue weighted by Crippen LogP contribution is 2.30. The van der Waals surface area contributed by atoms with Crippen molar-refractivity contribution in [1.29, 1.82) is 0 Å². The highest BCUT2D eigenvalue weighted by molar-refractivity contribution is 5.96. The Morgan fingerprint density at radius 3 is 2.78 bits per heavy atom. The number of aromatic nitrogens is 4. The SMILES string of the molecule is CC(C)[C@@H]1OCC[C@@H]1C(=O)Nc1cn(C)nc1-c1cnn(C)c1. The minimum Gasteiger partial charge on any atom is -0.377 e. The Balaban J connectivity index is 1.82. The summed E-state index contributed by atoms with van der Waals surface area (Å²) < 4.78 is 9.13. The van der Waals surface area contributed by atoms with Crippen LogP contribution in [-0.2, 0) is 23.6 Å². The first kappa shape index (κ1) is 15.7. The second kappa shape index (κ2) is 6.16. The second-order valence-corrected chi connectivity index (χ2v) is 6.43. The van der Waals surface area contributed by atoms with Crippen LogP contribution in [0.1, 0.15) is 20.3 Å². The molecule has 0 unspecified atom stereocenters. The molecule has 1 fully saturated rings. The van der Waals surface area contributed by atoms with Crippen LogP contribution in [0.25, 0.3) is 11.3 Å². The van der Waals surface area contributed by atoms with Gasteiger partial charge in [-0.25, -0.2) is 0 Å². The zero-order valence-electron chi connectivity index (χ0n) is 14.0. The third kappa shape index (κ3) is 3.14. The van der Waals surface area contributed by atoms with Crippen molar-refractivity contribution < 1.29 is 9.53 Å². The van der Waals surface area contributed by atoms with Gasteiger partial charge in [0.25, 0.3) is 0 Å². The molecule has 7 heteroatoms. The first-order chi connectivity index (χ1) is 11.0. The third-order valence-corrected chi connectivity index (χ3v) is 4.19. The summed E-state index contributed by atoms with van der Waals surface area (Å²) in [6.45, 7) is 4.81. The lowest BCUT2D eigenvalue weighted by atomic mass is 9.92. The van der Waals surface area contributed by atoms with Crippen molar-refractivity contribution in [2.45, 2.75) is 26.4 Å². The molecule has 7 nitrogen and oxygen atoms in total. The Kier molecular flexibility index (Phi) is 4.21. The minimum absolute atomic E-state index is 0.000611. The predicted molar refractivity (Wildman–Crippen MR) is 86.7 cm³/mol. The van der Waals surface area contributed by atoms with Gasteiger partial charge in [0, 0.05) is 38.7 Å². The number of ether oxygens (including phenoxy) is 1. The predicted octanol–water partition coefficient (Wildman–Crippen LogP) is 1.82. The molecule has 0 bridgehead atoms. The number of aryl methyl sites for hydroxylation is 2. The number of rotatable bonds is 4. The molecule has 1 amide bonds. The van der Waals surface area contributed by atoms with E-state index in [-0.39, 0.29) is 17.9 Å². The van der Waals surface area contributed by atoms with Gasteiger partial charge in [0.2, 0.25) is 5.91 Å². The van der Waals surface area contributed by atoms with Crippen molar-refractivity contribution in [3.05, 3.63) is 18.6 Å². The lowest BCUT2D eigenvalue weighted by Gasteiger charge is -2.21. The molecule has 124 valence electrons. The van der Waals surface area contributed by atoms with Gasteiger partial charge in [-0.2, -0.15) is 10.2 Å². The Labute approximate surface area is 135 Å². The molecule has 2 aromatic rings. The molecule has 1 aliphatic heterocycles. The molecular weight excluding hydrogens is 294 g/mol. The molecule has 3 rings (SSSR count). The van der Waals surface area contributed by atoms with E-state index in [1.807, 2.05) is 26.5 Å². The highest BCUT2D eigenvalue weighted by atomic mass is 16.5. The first-order valence-corrected chi connectivity index (χ1v) is 7.91. The molecule has 23 heavy (non-hydrogen) atoms. The maximum atomic E-state index is 12.7. The van der Waals surface area contributed by atoms with Crippen LogP contribution in [0, 0.1) is 11.8 Å². The van der Waals surface area contributed by atoms with E-state index in [4.69, 9.17) is 4.74 Å². The quantitative estimate of drug-likeness (QED) is 0.933. The van der Waals surface area contributed by atoms with Crippen LogP contribution in [0.4, 0.5) is 5.69 Å². The maximum absolute atomic E-state index is 12.7. The van der Waals surface area contributed by atoms with Gasteiger partial charge in [-0.3, -0.25) is 14.2 Å². The molecule has 0 spiro atoms. The standard InChI is InChI=1S/C16H23N5O2/c1-10(2)15-12(5-6-23-15)16(22)18-13-9-21(4)19-14(13)11-7-17-20(3)8-11/h7-10,12,15H,5-6H2,1-4H3,(H,18,22)/t12-,15-/m0/s1. The van der Waals surface area contributed by atoms with Gasteiger partial charge in [-0.15, -0.1) is 0 Å². The molecule has 1 N–H and O–H groups in total. The fourth-order valence-corrected chi connectivity index (χ4v) is 3.11. The molecular formula is C16H23N5O2. The lowest BCUT2D eigenvalue weighted by Crippen LogP contribution is -2.32. The molecule has 0 aromatic carbocycles. The summed E-state index contributed by atoms with van der Waals surface area (Å²) in [7, 11) is 3.69. The molecule has 3 heterocycles. The number of nitrogens with one attached hydrogen (secondary N) is 1. The van der Waals surface area contributed by atoms with E-state index in [0.29, 0.717) is 18.2 Å². The Hall–Kier alpha value is -2.15. The van der Waals surface area contributed by atoms with Gasteiger partial charge in [0.05, 0.1) is 23.9 Å². The average molecular weight is 317 g/mol. The number of anilines is 1. The summed E-state index contributed by atoms with van der Waals surface area (Å²) >= 11 is 0. The maximum Gasteiger partial charge on any atom is 0.230 e. The highest BCUT2D eigenvalue weighted by Gasteiger charge is 2.36. The van der Waals surface area contributed by atoms with E-state index < -0.39 is 0 Å². The number of hydrogen-bond donors (Lipinski definition) is 1. The van der Waals surface area contributed by atoms with Crippen LogP contribution < -0.4 is 5.32 Å². The van der Waals surface area contributed by atoms with Crippen LogP contribution >= 0.6 is 0 Å². The van der Waals surface area contributed by atoms with Gasteiger partial charge in [-0.05, 0) is 12.3 Å². The molecule has 1 aliphatic rings. The van der Waals surface area contributed by atoms with Crippen molar-refractivity contribution in [3.63, 3.8) is 0 Å². The summed E-state index contributed by atoms with van der Waals surface area (Å²) in [4.78, 5) is 12.7. The van der Waals surface area contributed by atoms with E-state index in [2.05, 4.69) is 29.4 Å². The lowest BCUT2D eigenvalue weighted by molar-refractivity contribution is -0.122. The summed E-state index contributed by atoms with van der Waals surface area (Å²) in [6.07, 6.45) is 6.19. The molecule has 0 aliphatic carbocycles. The van der Waals surface area contributed by atoms with Crippen molar-refractivity contribution in [3.8, 4) is 11.3 Å². The average Bonchev–Trinajstić information content (AvgIpc) is 3.18. The number of carbonyl (C=O) groups excluding carboxylic acids is 1. The fourth-order valence-electron chi connectivity index (χ4n) is 3.11. The van der Waals surface area contributed by atoms with Crippen LogP contribution in [0.3, 0.4) is 0 Å². The van der Waals surface area contributed by atoms with Gasteiger partial charge in [0.15, 0.2) is 0 Å². The molecule has 2 atom stereocenters. The Bertz CT molecular complexity index is 703. The number of carbonyl (C=O) groups is 1. The van der Waals surface area contributed by atoms with Crippen LogP contribution in [0.2, 0.25) is 0 Å². The molecule has 0 saturated carbocycles. The number of nitrogens with zero attached hydrogens (tertiary/aromatic N) is 4. The topological polar surface area (TPSA) is 74.0 Å². The third-order valence-electron chi connectivity index (χ3n) is 4.19. The number of amides is 1. The van der Waals surface area contributed by atoms with Gasteiger partial charge in [-0.1, -0.05) is 13.8 Å². The summed E-state index contributed by atoms with van der Waals surface area (Å²) in [5, 5.41) is 11.6. The van der Waals surface area contributed by atoms with E-state index in [1.54, 1.807) is 15.6 Å². The number of hydrogen-bond acceptors (Lipinski definition) is 4. The van der Waals surface area contributed by atoms with Crippen molar-refractivity contribution >= 4 is 11.6 Å². The van der Waals surface area contributed by atoms with E-state index >= 15 is 0 Å². The Morgan fingerprint density at radius 1 is 1.35 bits per heavy atom. The largest absolute Gasteiger partial charge is 0.377 e. The zero-order valence-corrected chi connectivity index (χ0v) is 14.0. The summed E-state index contributed by atoms with van der Waals surface area (Å²) in [5.74, 6) is 0.205. The van der Waals surface area contributed by atoms with E-state index in [1.165, 1.54) is 0 Å². The fraction of sp³-hybridized carbons (Fsp3) is 0.562. The van der Waals surface area contributed by atoms with E-state index in [9.17, 15) is 4.79 Å². The van der Waals surface area contributed by atoms with Crippen molar-refractivity contribution in [1.82, 2.24) is 19.6 Å². The zero-order chi connectivity index (χ0) is 16.6. The minimum atomic E-state index is -0.114. The van der Waals surface area contributed by atoms with Gasteiger partial charge < -0.3 is 10.1 Å². The van der Waals surface area contributed by atoms with Gasteiger partial charge >= 0.3 is 0 Å². The van der Waals surface area contributed by atoms with E-state index in [0.717, 1.165) is 17.7 Å². The van der Waals surface area contributed by atoms with Crippen molar-refractivity contribution in [2.24, 2.45) is 25.9 Å². The Morgan fingerprint density at radius 2 is 2.13 bits per heavy atom. The molecule has 2 aromatic heterocycles. The molecule has 1 saturated heterocycles. The van der Waals surface area contributed by atoms with Crippen LogP contribution in [0.5, 0.6) is 0 Å². The molecule has 0 radical (unpaired) electrons. The monoisotopic (exact) mass is 317 g/mol. The smallest absolute Gasteiger partial charge is 0.230 e. The van der Waals surface area contributed by atoms with Crippen molar-refractivity contribution in [2.75, 3.05) is 11.9 Å². The summed E-state index contributed by atoms with van der Waals surface area (Å²) in [6, 6.07) is 0.